The van der Waals surface area contributed by atoms with E-state index in [0.29, 0.717) is 0 Å². The van der Waals surface area contributed by atoms with Gasteiger partial charge >= 0.3 is 0 Å². The predicted octanol–water partition coefficient (Wildman–Crippen LogP) is -0.0569. The van der Waals surface area contributed by atoms with Gasteiger partial charge in [-0.15, -0.1) is 0 Å². The van der Waals surface area contributed by atoms with Crippen LogP contribution in [-0.2, 0) is 9.53 Å². The Balaban J connectivity index is 0. The Labute approximate surface area is 61.2 Å². The van der Waals surface area contributed by atoms with Crippen molar-refractivity contribution in [3.63, 3.8) is 0 Å². The van der Waals surface area contributed by atoms with E-state index in [-0.39, 0.29) is 0 Å². The molecule has 0 atom stereocenters. The maximum absolute atomic E-state index is 9.00. The van der Waals surface area contributed by atoms with Gasteiger partial charge in [0.1, 0.15) is 0 Å². The molecule has 4 heteroatoms. The summed E-state index contributed by atoms with van der Waals surface area (Å²) in [5, 5.41) is 10.4. The van der Waals surface area contributed by atoms with E-state index in [1.165, 1.54) is 0 Å². The van der Waals surface area contributed by atoms with E-state index in [4.69, 9.17) is 14.6 Å². The zero-order valence-corrected chi connectivity index (χ0v) is 6.68. The van der Waals surface area contributed by atoms with Crippen LogP contribution in [0.3, 0.4) is 0 Å². The van der Waals surface area contributed by atoms with Crippen molar-refractivity contribution in [2.24, 2.45) is 0 Å². The zero-order valence-electron chi connectivity index (χ0n) is 6.68. The largest absolute Gasteiger partial charge is 0.481 e. The average molecular weight is 149 g/mol. The molecular weight excluding hydrogens is 134 g/mol. The fourth-order valence-corrected chi connectivity index (χ4v) is 0.204. The molecule has 0 aliphatic rings. The number of likely N-dealkylation sites (N-methyl/N-ethyl adjacent to an activating group) is 1. The quantitative estimate of drug-likeness (QED) is 0.552. The predicted molar refractivity (Wildman–Crippen MR) is 39.1 cm³/mol. The summed E-state index contributed by atoms with van der Waals surface area (Å²) >= 11 is 0. The summed E-state index contributed by atoms with van der Waals surface area (Å²) in [6, 6.07) is 0. The van der Waals surface area contributed by atoms with Crippen molar-refractivity contribution < 1.29 is 14.6 Å². The smallest absolute Gasteiger partial charge is 0.300 e. The Morgan fingerprint density at radius 2 is 2.10 bits per heavy atom. The summed E-state index contributed by atoms with van der Waals surface area (Å²) < 4.78 is 4.72. The molecule has 0 aromatic rings. The third-order valence-electron chi connectivity index (χ3n) is 0.556. The van der Waals surface area contributed by atoms with E-state index in [2.05, 4.69) is 5.32 Å². The topological polar surface area (TPSA) is 58.6 Å². The van der Waals surface area contributed by atoms with Gasteiger partial charge in [-0.25, -0.2) is 0 Å². The minimum Gasteiger partial charge on any atom is -0.481 e. The van der Waals surface area contributed by atoms with Crippen molar-refractivity contribution in [1.82, 2.24) is 5.32 Å². The standard InChI is InChI=1S/C4H11NO.C2H4O2/c1-5-3-4-6-2;1-2(3)4/h5H,3-4H2,1-2H3;1H3,(H,3,4). The molecule has 10 heavy (non-hydrogen) atoms. The summed E-state index contributed by atoms with van der Waals surface area (Å²) in [6.45, 7) is 2.83. The highest BCUT2D eigenvalue weighted by molar-refractivity contribution is 5.62. The van der Waals surface area contributed by atoms with Gasteiger partial charge in [0, 0.05) is 20.6 Å². The third-order valence-corrected chi connectivity index (χ3v) is 0.556. The molecule has 4 nitrogen and oxygen atoms in total. The Hall–Kier alpha value is -0.610. The van der Waals surface area contributed by atoms with Gasteiger partial charge in [0.15, 0.2) is 0 Å². The molecule has 0 unspecified atom stereocenters. The molecule has 0 amide bonds. The summed E-state index contributed by atoms with van der Waals surface area (Å²) in [5.41, 5.74) is 0. The van der Waals surface area contributed by atoms with Crippen LogP contribution in [0.4, 0.5) is 0 Å². The summed E-state index contributed by atoms with van der Waals surface area (Å²) in [7, 11) is 3.59. The van der Waals surface area contributed by atoms with E-state index >= 15 is 0 Å². The van der Waals surface area contributed by atoms with E-state index in [9.17, 15) is 0 Å². The van der Waals surface area contributed by atoms with Gasteiger partial charge < -0.3 is 15.2 Å². The summed E-state index contributed by atoms with van der Waals surface area (Å²) in [5.74, 6) is -0.833. The van der Waals surface area contributed by atoms with Crippen LogP contribution in [0.2, 0.25) is 0 Å². The lowest BCUT2D eigenvalue weighted by atomic mass is 10.7. The first-order valence-electron chi connectivity index (χ1n) is 2.98. The van der Waals surface area contributed by atoms with Gasteiger partial charge in [-0.2, -0.15) is 0 Å². The van der Waals surface area contributed by atoms with Gasteiger partial charge in [-0.3, -0.25) is 4.79 Å². The summed E-state index contributed by atoms with van der Waals surface area (Å²) in [4.78, 5) is 9.00. The molecule has 2 N–H and O–H groups in total. The Bertz CT molecular complexity index is 67.4. The van der Waals surface area contributed by atoms with Crippen molar-refractivity contribution in [3.8, 4) is 0 Å². The van der Waals surface area contributed by atoms with Crippen LogP contribution in [0.25, 0.3) is 0 Å². The second kappa shape index (κ2) is 11.2. The second-order valence-corrected chi connectivity index (χ2v) is 1.62. The van der Waals surface area contributed by atoms with Gasteiger partial charge in [-0.1, -0.05) is 0 Å². The number of aliphatic carboxylic acids is 1. The second-order valence-electron chi connectivity index (χ2n) is 1.62. The van der Waals surface area contributed by atoms with Crippen molar-refractivity contribution in [1.29, 1.82) is 0 Å². The lowest BCUT2D eigenvalue weighted by molar-refractivity contribution is -0.134. The number of methoxy groups -OCH3 is 1. The highest BCUT2D eigenvalue weighted by atomic mass is 16.5. The molecule has 0 saturated carbocycles. The average Bonchev–Trinajstić information content (AvgIpc) is 1.82. The number of hydrogen-bond acceptors (Lipinski definition) is 3. The van der Waals surface area contributed by atoms with E-state index < -0.39 is 5.97 Å². The van der Waals surface area contributed by atoms with Crippen LogP contribution in [0.1, 0.15) is 6.92 Å². The van der Waals surface area contributed by atoms with Crippen molar-refractivity contribution in [2.75, 3.05) is 27.3 Å². The van der Waals surface area contributed by atoms with Crippen LogP contribution in [0.5, 0.6) is 0 Å². The lowest BCUT2D eigenvalue weighted by Crippen LogP contribution is -2.12. The minimum absolute atomic E-state index is 0.802. The molecular formula is C6H15NO3. The number of nitrogens with one attached hydrogen (secondary N) is 1. The Kier molecular flexibility index (Phi) is 13.6. The lowest BCUT2D eigenvalue weighted by Gasteiger charge is -1.92. The minimum atomic E-state index is -0.833. The van der Waals surface area contributed by atoms with Crippen LogP contribution in [0.15, 0.2) is 0 Å². The first-order valence-corrected chi connectivity index (χ1v) is 2.98. The van der Waals surface area contributed by atoms with E-state index in [0.717, 1.165) is 20.1 Å². The molecule has 0 bridgehead atoms. The zero-order chi connectivity index (χ0) is 8.41. The van der Waals surface area contributed by atoms with Crippen LogP contribution in [0, 0.1) is 0 Å². The van der Waals surface area contributed by atoms with Crippen LogP contribution in [-0.4, -0.2) is 38.4 Å². The number of carboxylic acid groups (broad SMARTS) is 1. The molecule has 0 aliphatic heterocycles. The molecule has 0 saturated heterocycles. The fourth-order valence-electron chi connectivity index (χ4n) is 0.204. The maximum Gasteiger partial charge on any atom is 0.300 e. The van der Waals surface area contributed by atoms with Gasteiger partial charge in [0.25, 0.3) is 5.97 Å². The molecule has 62 valence electrons. The Morgan fingerprint density at radius 3 is 2.20 bits per heavy atom. The molecule has 0 aliphatic carbocycles. The monoisotopic (exact) mass is 149 g/mol. The van der Waals surface area contributed by atoms with Gasteiger partial charge in [0.2, 0.25) is 0 Å². The van der Waals surface area contributed by atoms with Crippen molar-refractivity contribution >= 4 is 5.97 Å². The fraction of sp³-hybridized carbons (Fsp3) is 0.833. The first kappa shape index (κ1) is 12.1. The number of carbonyl (C=O) groups is 1. The van der Waals surface area contributed by atoms with Crippen molar-refractivity contribution in [2.45, 2.75) is 6.92 Å². The molecule has 0 spiro atoms. The molecule has 0 aromatic carbocycles. The number of rotatable bonds is 3. The molecule has 0 aromatic heterocycles. The first-order chi connectivity index (χ1) is 4.65. The molecule has 0 radical (unpaired) electrons. The Morgan fingerprint density at radius 1 is 1.70 bits per heavy atom. The SMILES string of the molecule is CC(=O)O.CNCCOC. The molecule has 0 fully saturated rings. The van der Waals surface area contributed by atoms with E-state index in [1.54, 1.807) is 7.11 Å². The maximum atomic E-state index is 9.00. The third kappa shape index (κ3) is 52.8. The van der Waals surface area contributed by atoms with E-state index in [1.807, 2.05) is 7.05 Å². The van der Waals surface area contributed by atoms with Gasteiger partial charge in [-0.05, 0) is 7.05 Å². The number of ether oxygens (including phenoxy) is 1. The highest BCUT2D eigenvalue weighted by Gasteiger charge is 1.72. The summed E-state index contributed by atoms with van der Waals surface area (Å²) in [6.07, 6.45) is 0. The molecule has 0 rings (SSSR count). The van der Waals surface area contributed by atoms with Crippen molar-refractivity contribution in [3.05, 3.63) is 0 Å². The van der Waals surface area contributed by atoms with Crippen LogP contribution >= 0.6 is 0 Å². The number of carboxylic acids is 1. The number of hydrogen-bond donors (Lipinski definition) is 2. The normalized spacial score (nSPS) is 7.90. The highest BCUT2D eigenvalue weighted by Crippen LogP contribution is 1.57. The van der Waals surface area contributed by atoms with Crippen LogP contribution < -0.4 is 5.32 Å². The molecule has 0 heterocycles. The van der Waals surface area contributed by atoms with Gasteiger partial charge in [0.05, 0.1) is 6.61 Å².